The van der Waals surface area contributed by atoms with Crippen LogP contribution in [0.25, 0.3) is 0 Å². The summed E-state index contributed by atoms with van der Waals surface area (Å²) < 4.78 is 28.5. The standard InChI is InChI=1S/C15H20N2O4S/c1-10-3-4-13(14(5-10)21-2)16-15(18)17-6-11-8-22(19,20)9-12(11)7-17/h3-5,11-12H,6-9H2,1-2H3,(H,16,18)/t11-,12+. The van der Waals surface area contributed by atoms with Gasteiger partial charge in [0.15, 0.2) is 9.84 Å². The molecule has 2 atom stereocenters. The van der Waals surface area contributed by atoms with E-state index in [2.05, 4.69) is 5.32 Å². The van der Waals surface area contributed by atoms with Gasteiger partial charge in [0, 0.05) is 13.1 Å². The van der Waals surface area contributed by atoms with Crippen LogP contribution in [-0.2, 0) is 9.84 Å². The zero-order chi connectivity index (χ0) is 15.9. The maximum atomic E-state index is 12.4. The molecule has 0 unspecified atom stereocenters. The second kappa shape index (κ2) is 5.46. The molecule has 3 rings (SSSR count). The lowest BCUT2D eigenvalue weighted by Crippen LogP contribution is -2.34. The van der Waals surface area contributed by atoms with E-state index < -0.39 is 9.84 Å². The monoisotopic (exact) mass is 324 g/mol. The Hall–Kier alpha value is -1.76. The van der Waals surface area contributed by atoms with Crippen LogP contribution in [0.15, 0.2) is 18.2 Å². The number of amides is 2. The number of likely N-dealkylation sites (tertiary alicyclic amines) is 1. The molecule has 2 aliphatic rings. The number of carbonyl (C=O) groups is 1. The van der Waals surface area contributed by atoms with E-state index >= 15 is 0 Å². The minimum atomic E-state index is -2.91. The second-order valence-corrected chi connectivity index (χ2v) is 8.29. The van der Waals surface area contributed by atoms with E-state index in [9.17, 15) is 13.2 Å². The molecule has 2 amide bonds. The van der Waals surface area contributed by atoms with Gasteiger partial charge in [0.2, 0.25) is 0 Å². The average Bonchev–Trinajstić information content (AvgIpc) is 2.94. The molecule has 0 aliphatic carbocycles. The highest BCUT2D eigenvalue weighted by Crippen LogP contribution is 2.33. The number of hydrogen-bond donors (Lipinski definition) is 1. The molecule has 0 spiro atoms. The fourth-order valence-electron chi connectivity index (χ4n) is 3.30. The highest BCUT2D eigenvalue weighted by molar-refractivity contribution is 7.91. The minimum Gasteiger partial charge on any atom is -0.495 e. The second-order valence-electron chi connectivity index (χ2n) is 6.14. The number of rotatable bonds is 2. The van der Waals surface area contributed by atoms with E-state index in [0.29, 0.717) is 24.5 Å². The summed E-state index contributed by atoms with van der Waals surface area (Å²) in [6, 6.07) is 5.38. The third-order valence-electron chi connectivity index (χ3n) is 4.40. The molecule has 1 aromatic rings. The van der Waals surface area contributed by atoms with Gasteiger partial charge >= 0.3 is 6.03 Å². The maximum Gasteiger partial charge on any atom is 0.321 e. The SMILES string of the molecule is COc1cc(C)ccc1NC(=O)N1C[C@@H]2CS(=O)(=O)C[C@@H]2C1. The van der Waals surface area contributed by atoms with Crippen molar-refractivity contribution in [3.63, 3.8) is 0 Å². The molecule has 0 radical (unpaired) electrons. The number of fused-ring (bicyclic) bond motifs is 1. The van der Waals surface area contributed by atoms with Gasteiger partial charge in [-0.05, 0) is 36.5 Å². The van der Waals surface area contributed by atoms with Crippen LogP contribution < -0.4 is 10.1 Å². The number of nitrogens with one attached hydrogen (secondary N) is 1. The van der Waals surface area contributed by atoms with Crippen molar-refractivity contribution in [2.75, 3.05) is 37.0 Å². The molecule has 0 aromatic heterocycles. The van der Waals surface area contributed by atoms with Crippen molar-refractivity contribution in [2.45, 2.75) is 6.92 Å². The summed E-state index contributed by atoms with van der Waals surface area (Å²) in [6.07, 6.45) is 0. The van der Waals surface area contributed by atoms with Crippen molar-refractivity contribution in [2.24, 2.45) is 11.8 Å². The Morgan fingerprint density at radius 2 is 1.91 bits per heavy atom. The molecule has 2 aliphatic heterocycles. The number of benzene rings is 1. The number of sulfone groups is 1. The molecule has 7 heteroatoms. The number of nitrogens with zero attached hydrogens (tertiary/aromatic N) is 1. The fourth-order valence-corrected chi connectivity index (χ4v) is 5.49. The smallest absolute Gasteiger partial charge is 0.321 e. The number of hydrogen-bond acceptors (Lipinski definition) is 4. The van der Waals surface area contributed by atoms with Crippen LogP contribution in [0, 0.1) is 18.8 Å². The van der Waals surface area contributed by atoms with Crippen molar-refractivity contribution < 1.29 is 17.9 Å². The number of carbonyl (C=O) groups excluding carboxylic acids is 1. The third kappa shape index (κ3) is 2.90. The van der Waals surface area contributed by atoms with E-state index in [0.717, 1.165) is 5.56 Å². The summed E-state index contributed by atoms with van der Waals surface area (Å²) in [7, 11) is -1.34. The quantitative estimate of drug-likeness (QED) is 0.895. The molecule has 1 aromatic carbocycles. The normalized spacial score (nSPS) is 25.8. The molecule has 2 heterocycles. The van der Waals surface area contributed by atoms with Gasteiger partial charge in [0.05, 0.1) is 24.3 Å². The zero-order valence-electron chi connectivity index (χ0n) is 12.7. The van der Waals surface area contributed by atoms with Crippen molar-refractivity contribution in [3.8, 4) is 5.75 Å². The Bertz CT molecular complexity index is 681. The van der Waals surface area contributed by atoms with Gasteiger partial charge in [-0.15, -0.1) is 0 Å². The molecular formula is C15H20N2O4S. The Morgan fingerprint density at radius 3 is 2.50 bits per heavy atom. The lowest BCUT2D eigenvalue weighted by atomic mass is 10.0. The number of anilines is 1. The average molecular weight is 324 g/mol. The molecule has 120 valence electrons. The Morgan fingerprint density at radius 1 is 1.27 bits per heavy atom. The van der Waals surface area contributed by atoms with Crippen LogP contribution in [0.1, 0.15) is 5.56 Å². The third-order valence-corrected chi connectivity index (χ3v) is 6.27. The van der Waals surface area contributed by atoms with Crippen molar-refractivity contribution in [3.05, 3.63) is 23.8 Å². The topological polar surface area (TPSA) is 75.7 Å². The van der Waals surface area contributed by atoms with Gasteiger partial charge in [0.25, 0.3) is 0 Å². The predicted molar refractivity (Wildman–Crippen MR) is 84.0 cm³/mol. The van der Waals surface area contributed by atoms with Crippen molar-refractivity contribution in [1.29, 1.82) is 0 Å². The van der Waals surface area contributed by atoms with Crippen molar-refractivity contribution >= 4 is 21.6 Å². The number of ether oxygens (including phenoxy) is 1. The minimum absolute atomic E-state index is 0.0793. The van der Waals surface area contributed by atoms with Crippen LogP contribution >= 0.6 is 0 Å². The predicted octanol–water partition coefficient (Wildman–Crippen LogP) is 1.51. The van der Waals surface area contributed by atoms with E-state index in [4.69, 9.17) is 4.74 Å². The summed E-state index contributed by atoms with van der Waals surface area (Å²) in [5.74, 6) is 1.19. The summed E-state index contributed by atoms with van der Waals surface area (Å²) in [5.41, 5.74) is 1.68. The van der Waals surface area contributed by atoms with Gasteiger partial charge in [-0.25, -0.2) is 13.2 Å². The highest BCUT2D eigenvalue weighted by atomic mass is 32.2. The fraction of sp³-hybridized carbons (Fsp3) is 0.533. The number of methoxy groups -OCH3 is 1. The first-order valence-corrected chi connectivity index (χ1v) is 9.11. The number of aryl methyl sites for hydroxylation is 1. The maximum absolute atomic E-state index is 12.4. The van der Waals surface area contributed by atoms with E-state index in [-0.39, 0.29) is 29.4 Å². The first kappa shape index (κ1) is 15.1. The summed E-state index contributed by atoms with van der Waals surface area (Å²) in [4.78, 5) is 14.1. The lowest BCUT2D eigenvalue weighted by molar-refractivity contribution is 0.220. The van der Waals surface area contributed by atoms with Crippen LogP contribution in [0.5, 0.6) is 5.75 Å². The molecule has 6 nitrogen and oxygen atoms in total. The largest absolute Gasteiger partial charge is 0.495 e. The molecule has 22 heavy (non-hydrogen) atoms. The summed E-state index contributed by atoms with van der Waals surface area (Å²) in [5, 5.41) is 2.85. The van der Waals surface area contributed by atoms with Gasteiger partial charge in [0.1, 0.15) is 5.75 Å². The highest BCUT2D eigenvalue weighted by Gasteiger charge is 2.44. The molecule has 0 bridgehead atoms. The van der Waals surface area contributed by atoms with E-state index in [1.165, 1.54) is 0 Å². The lowest BCUT2D eigenvalue weighted by Gasteiger charge is -2.19. The van der Waals surface area contributed by atoms with E-state index in [1.807, 2.05) is 25.1 Å². The zero-order valence-corrected chi connectivity index (χ0v) is 13.5. The molecule has 2 fully saturated rings. The van der Waals surface area contributed by atoms with Crippen molar-refractivity contribution in [1.82, 2.24) is 4.90 Å². The Labute approximate surface area is 130 Å². The van der Waals surface area contributed by atoms with Gasteiger partial charge in [-0.1, -0.05) is 6.07 Å². The number of urea groups is 1. The molecule has 2 saturated heterocycles. The molecular weight excluding hydrogens is 304 g/mol. The van der Waals surface area contributed by atoms with Crippen LogP contribution in [-0.4, -0.2) is 51.1 Å². The van der Waals surface area contributed by atoms with Crippen LogP contribution in [0.3, 0.4) is 0 Å². The van der Waals surface area contributed by atoms with Gasteiger partial charge < -0.3 is 15.0 Å². The first-order valence-electron chi connectivity index (χ1n) is 7.29. The van der Waals surface area contributed by atoms with Crippen LogP contribution in [0.4, 0.5) is 10.5 Å². The molecule has 1 N–H and O–H groups in total. The van der Waals surface area contributed by atoms with Gasteiger partial charge in [-0.2, -0.15) is 0 Å². The Kier molecular flexibility index (Phi) is 3.76. The van der Waals surface area contributed by atoms with Gasteiger partial charge in [-0.3, -0.25) is 0 Å². The Balaban J connectivity index is 1.67. The summed E-state index contributed by atoms with van der Waals surface area (Å²) >= 11 is 0. The van der Waals surface area contributed by atoms with Crippen LogP contribution in [0.2, 0.25) is 0 Å². The first-order chi connectivity index (χ1) is 10.4. The summed E-state index contributed by atoms with van der Waals surface area (Å²) in [6.45, 7) is 2.96. The van der Waals surface area contributed by atoms with E-state index in [1.54, 1.807) is 12.0 Å². The molecule has 0 saturated carbocycles.